The van der Waals surface area contributed by atoms with E-state index in [1.807, 2.05) is 4.90 Å². The van der Waals surface area contributed by atoms with Crippen molar-refractivity contribution in [2.24, 2.45) is 5.92 Å². The first-order valence-electron chi connectivity index (χ1n) is 7.63. The van der Waals surface area contributed by atoms with Gasteiger partial charge in [0.1, 0.15) is 0 Å². The molecule has 1 saturated carbocycles. The SMILES string of the molecule is CCCN(CCC(=O)OCC)C(=O)C1CCCCC1. The van der Waals surface area contributed by atoms with Crippen LogP contribution in [-0.4, -0.2) is 36.5 Å². The molecular formula is C15H27NO3. The van der Waals surface area contributed by atoms with Gasteiger partial charge < -0.3 is 9.64 Å². The highest BCUT2D eigenvalue weighted by molar-refractivity contribution is 5.79. The first-order valence-corrected chi connectivity index (χ1v) is 7.63. The first-order chi connectivity index (χ1) is 9.19. The van der Waals surface area contributed by atoms with E-state index in [9.17, 15) is 9.59 Å². The minimum Gasteiger partial charge on any atom is -0.466 e. The number of esters is 1. The van der Waals surface area contributed by atoms with Gasteiger partial charge >= 0.3 is 5.97 Å². The molecule has 1 rings (SSSR count). The molecule has 0 aliphatic heterocycles. The van der Waals surface area contributed by atoms with E-state index in [0.29, 0.717) is 19.6 Å². The average molecular weight is 269 g/mol. The molecule has 4 heteroatoms. The summed E-state index contributed by atoms with van der Waals surface area (Å²) in [5.74, 6) is 0.216. The van der Waals surface area contributed by atoms with E-state index < -0.39 is 0 Å². The molecule has 0 N–H and O–H groups in total. The van der Waals surface area contributed by atoms with Crippen molar-refractivity contribution in [2.45, 2.75) is 58.8 Å². The van der Waals surface area contributed by atoms with Gasteiger partial charge in [0, 0.05) is 19.0 Å². The third kappa shape index (κ3) is 5.62. The molecule has 0 radical (unpaired) electrons. The summed E-state index contributed by atoms with van der Waals surface area (Å²) in [6.07, 6.45) is 6.84. The highest BCUT2D eigenvalue weighted by Crippen LogP contribution is 2.25. The van der Waals surface area contributed by atoms with Crippen LogP contribution in [-0.2, 0) is 14.3 Å². The number of hydrogen-bond donors (Lipinski definition) is 0. The monoisotopic (exact) mass is 269 g/mol. The number of rotatable bonds is 7. The average Bonchev–Trinajstić information content (AvgIpc) is 2.44. The molecule has 0 atom stereocenters. The van der Waals surface area contributed by atoms with Crippen molar-refractivity contribution in [1.29, 1.82) is 0 Å². The van der Waals surface area contributed by atoms with Crippen LogP contribution in [0.3, 0.4) is 0 Å². The molecule has 0 unspecified atom stereocenters. The van der Waals surface area contributed by atoms with E-state index in [1.54, 1.807) is 6.92 Å². The molecule has 1 aliphatic carbocycles. The normalized spacial score (nSPS) is 16.1. The minimum atomic E-state index is -0.208. The van der Waals surface area contributed by atoms with E-state index in [1.165, 1.54) is 6.42 Å². The van der Waals surface area contributed by atoms with E-state index in [-0.39, 0.29) is 17.8 Å². The predicted molar refractivity (Wildman–Crippen MR) is 74.7 cm³/mol. The highest BCUT2D eigenvalue weighted by atomic mass is 16.5. The molecule has 0 heterocycles. The second-order valence-corrected chi connectivity index (χ2v) is 5.22. The Balaban J connectivity index is 2.45. The molecule has 1 fully saturated rings. The van der Waals surface area contributed by atoms with Gasteiger partial charge in [-0.05, 0) is 26.2 Å². The van der Waals surface area contributed by atoms with Crippen molar-refractivity contribution in [3.63, 3.8) is 0 Å². The van der Waals surface area contributed by atoms with Crippen LogP contribution in [0.5, 0.6) is 0 Å². The first kappa shape index (κ1) is 16.0. The van der Waals surface area contributed by atoms with Crippen molar-refractivity contribution >= 4 is 11.9 Å². The van der Waals surface area contributed by atoms with Gasteiger partial charge in [-0.25, -0.2) is 0 Å². The number of hydrogen-bond acceptors (Lipinski definition) is 3. The topological polar surface area (TPSA) is 46.6 Å². The number of carbonyl (C=O) groups is 2. The Bertz CT molecular complexity index is 285. The maximum absolute atomic E-state index is 12.4. The number of carbonyl (C=O) groups excluding carboxylic acids is 2. The number of ether oxygens (including phenoxy) is 1. The summed E-state index contributed by atoms with van der Waals surface area (Å²) in [6, 6.07) is 0. The highest BCUT2D eigenvalue weighted by Gasteiger charge is 2.25. The molecule has 4 nitrogen and oxygen atoms in total. The van der Waals surface area contributed by atoms with E-state index in [4.69, 9.17) is 4.74 Å². The summed E-state index contributed by atoms with van der Waals surface area (Å²) in [4.78, 5) is 25.7. The lowest BCUT2D eigenvalue weighted by Gasteiger charge is -2.29. The quantitative estimate of drug-likeness (QED) is 0.668. The fraction of sp³-hybridized carbons (Fsp3) is 0.867. The molecule has 0 saturated heterocycles. The predicted octanol–water partition coefficient (Wildman–Crippen LogP) is 2.76. The van der Waals surface area contributed by atoms with E-state index in [2.05, 4.69) is 6.92 Å². The fourth-order valence-electron chi connectivity index (χ4n) is 2.67. The van der Waals surface area contributed by atoms with Crippen LogP contribution in [0.25, 0.3) is 0 Å². The molecule has 0 aromatic heterocycles. The maximum atomic E-state index is 12.4. The van der Waals surface area contributed by atoms with Gasteiger partial charge in [0.25, 0.3) is 0 Å². The Kier molecular flexibility index (Phi) is 7.53. The lowest BCUT2D eigenvalue weighted by Crippen LogP contribution is -2.39. The van der Waals surface area contributed by atoms with Gasteiger partial charge in [-0.15, -0.1) is 0 Å². The second-order valence-electron chi connectivity index (χ2n) is 5.22. The van der Waals surface area contributed by atoms with Crippen molar-refractivity contribution in [1.82, 2.24) is 4.90 Å². The van der Waals surface area contributed by atoms with Gasteiger partial charge in [0.15, 0.2) is 0 Å². The van der Waals surface area contributed by atoms with Crippen molar-refractivity contribution in [3.05, 3.63) is 0 Å². The van der Waals surface area contributed by atoms with Gasteiger partial charge in [-0.2, -0.15) is 0 Å². The Morgan fingerprint density at radius 2 is 1.79 bits per heavy atom. The lowest BCUT2D eigenvalue weighted by molar-refractivity contribution is -0.144. The third-order valence-electron chi connectivity index (χ3n) is 3.65. The van der Waals surface area contributed by atoms with Crippen LogP contribution in [0.2, 0.25) is 0 Å². The molecule has 0 aromatic carbocycles. The van der Waals surface area contributed by atoms with Crippen LogP contribution >= 0.6 is 0 Å². The van der Waals surface area contributed by atoms with Crippen LogP contribution in [0.1, 0.15) is 58.8 Å². The molecule has 1 amide bonds. The standard InChI is InChI=1S/C15H27NO3/c1-3-11-16(12-10-14(17)19-4-2)15(18)13-8-6-5-7-9-13/h13H,3-12H2,1-2H3. The molecule has 0 bridgehead atoms. The van der Waals surface area contributed by atoms with Crippen LogP contribution in [0.4, 0.5) is 0 Å². The second kappa shape index (κ2) is 8.94. The maximum Gasteiger partial charge on any atom is 0.307 e. The minimum absolute atomic E-state index is 0.183. The zero-order valence-electron chi connectivity index (χ0n) is 12.3. The largest absolute Gasteiger partial charge is 0.466 e. The fourth-order valence-corrected chi connectivity index (χ4v) is 2.67. The van der Waals surface area contributed by atoms with E-state index in [0.717, 1.165) is 38.6 Å². The summed E-state index contributed by atoms with van der Waals surface area (Å²) >= 11 is 0. The zero-order chi connectivity index (χ0) is 14.1. The summed E-state index contributed by atoms with van der Waals surface area (Å²) in [5, 5.41) is 0. The molecule has 1 aliphatic rings. The van der Waals surface area contributed by atoms with Gasteiger partial charge in [0.2, 0.25) is 5.91 Å². The summed E-state index contributed by atoms with van der Waals surface area (Å²) in [5.41, 5.74) is 0. The van der Waals surface area contributed by atoms with Crippen LogP contribution in [0, 0.1) is 5.92 Å². The smallest absolute Gasteiger partial charge is 0.307 e. The van der Waals surface area contributed by atoms with Crippen LogP contribution < -0.4 is 0 Å². The Morgan fingerprint density at radius 1 is 1.11 bits per heavy atom. The third-order valence-corrected chi connectivity index (χ3v) is 3.65. The van der Waals surface area contributed by atoms with Crippen LogP contribution in [0.15, 0.2) is 0 Å². The van der Waals surface area contributed by atoms with Crippen molar-refractivity contribution < 1.29 is 14.3 Å². The molecular weight excluding hydrogens is 242 g/mol. The summed E-state index contributed by atoms with van der Waals surface area (Å²) in [6.45, 7) is 5.51. The molecule has 19 heavy (non-hydrogen) atoms. The Labute approximate surface area is 116 Å². The van der Waals surface area contributed by atoms with Crippen molar-refractivity contribution in [3.8, 4) is 0 Å². The Hall–Kier alpha value is -1.06. The van der Waals surface area contributed by atoms with Gasteiger partial charge in [-0.1, -0.05) is 26.2 Å². The molecule has 0 aromatic rings. The summed E-state index contributed by atoms with van der Waals surface area (Å²) in [7, 11) is 0. The van der Waals surface area contributed by atoms with Gasteiger partial charge in [0.05, 0.1) is 13.0 Å². The molecule has 0 spiro atoms. The molecule has 110 valence electrons. The van der Waals surface area contributed by atoms with Gasteiger partial charge in [-0.3, -0.25) is 9.59 Å². The number of nitrogens with zero attached hydrogens (tertiary/aromatic N) is 1. The zero-order valence-corrected chi connectivity index (χ0v) is 12.3. The Morgan fingerprint density at radius 3 is 2.37 bits per heavy atom. The number of amides is 1. The van der Waals surface area contributed by atoms with Crippen molar-refractivity contribution in [2.75, 3.05) is 19.7 Å². The van der Waals surface area contributed by atoms with E-state index >= 15 is 0 Å². The lowest BCUT2D eigenvalue weighted by atomic mass is 9.88. The summed E-state index contributed by atoms with van der Waals surface area (Å²) < 4.78 is 4.92.